The summed E-state index contributed by atoms with van der Waals surface area (Å²) < 4.78 is 5.16. The van der Waals surface area contributed by atoms with Crippen LogP contribution in [0.1, 0.15) is 23.1 Å². The van der Waals surface area contributed by atoms with Crippen LogP contribution in [0.25, 0.3) is 11.1 Å². The van der Waals surface area contributed by atoms with E-state index in [1.807, 2.05) is 31.2 Å². The van der Waals surface area contributed by atoms with Crippen molar-refractivity contribution < 1.29 is 9.53 Å². The van der Waals surface area contributed by atoms with Gasteiger partial charge in [-0.15, -0.1) is 11.8 Å². The van der Waals surface area contributed by atoms with Gasteiger partial charge in [0, 0.05) is 29.5 Å². The van der Waals surface area contributed by atoms with E-state index in [0.29, 0.717) is 27.8 Å². The number of carbonyl (C=O) groups excluding carboxylic acids is 1. The van der Waals surface area contributed by atoms with Crippen LogP contribution in [0.5, 0.6) is 5.75 Å². The number of nitrogen functional groups attached to an aromatic ring is 1. The Balaban J connectivity index is 1.79. The number of aryl methyl sites for hydroxylation is 1. The molecule has 0 unspecified atom stereocenters. The van der Waals surface area contributed by atoms with Gasteiger partial charge >= 0.3 is 0 Å². The van der Waals surface area contributed by atoms with E-state index in [1.165, 1.54) is 11.8 Å². The topological polar surface area (TPSA) is 125 Å². The van der Waals surface area contributed by atoms with Gasteiger partial charge in [0.2, 0.25) is 5.91 Å². The smallest absolute Gasteiger partial charge is 0.225 e. The van der Waals surface area contributed by atoms with Gasteiger partial charge in [0.15, 0.2) is 0 Å². The molecule has 1 amide bonds. The number of thioether (sulfide) groups is 1. The van der Waals surface area contributed by atoms with Crippen LogP contribution in [-0.4, -0.2) is 23.8 Å². The Kier molecular flexibility index (Phi) is 7.33. The molecule has 2 aromatic carbocycles. The fraction of sp³-hybridized carbons (Fsp3) is 0.167. The summed E-state index contributed by atoms with van der Waals surface area (Å²) in [5.74, 6) is 0.919. The first-order valence-corrected chi connectivity index (χ1v) is 10.7. The monoisotopic (exact) mass is 443 g/mol. The van der Waals surface area contributed by atoms with Gasteiger partial charge in [0.05, 0.1) is 12.7 Å². The van der Waals surface area contributed by atoms with Crippen LogP contribution in [0.15, 0.2) is 53.6 Å². The highest BCUT2D eigenvalue weighted by molar-refractivity contribution is 7.99. The van der Waals surface area contributed by atoms with Crippen LogP contribution in [0.3, 0.4) is 0 Å². The molecule has 8 heteroatoms. The summed E-state index contributed by atoms with van der Waals surface area (Å²) >= 11 is 1.25. The molecule has 0 bridgehead atoms. The SMILES string of the molecule is COc1cccc(NC(=O)CCSc2nc(N)c(C#N)c(-c3ccc(C)cc3)c2C#N)c1. The Morgan fingerprint density at radius 3 is 2.53 bits per heavy atom. The molecule has 3 N–H and O–H groups in total. The van der Waals surface area contributed by atoms with Gasteiger partial charge in [0.25, 0.3) is 0 Å². The highest BCUT2D eigenvalue weighted by Gasteiger charge is 2.20. The molecular formula is C24H21N5O2S. The average molecular weight is 444 g/mol. The first-order valence-electron chi connectivity index (χ1n) is 9.74. The maximum absolute atomic E-state index is 12.3. The molecule has 0 aliphatic rings. The van der Waals surface area contributed by atoms with Crippen LogP contribution in [-0.2, 0) is 4.79 Å². The number of rotatable bonds is 7. The first-order chi connectivity index (χ1) is 15.5. The zero-order valence-corrected chi connectivity index (χ0v) is 18.5. The zero-order valence-electron chi connectivity index (χ0n) is 17.7. The molecule has 1 heterocycles. The van der Waals surface area contributed by atoms with Gasteiger partial charge in [-0.2, -0.15) is 10.5 Å². The number of methoxy groups -OCH3 is 1. The third-order valence-electron chi connectivity index (χ3n) is 4.68. The van der Waals surface area contributed by atoms with E-state index in [0.717, 1.165) is 11.1 Å². The van der Waals surface area contributed by atoms with Gasteiger partial charge < -0.3 is 15.8 Å². The molecule has 0 radical (unpaired) electrons. The number of nitrogens with zero attached hydrogens (tertiary/aromatic N) is 3. The molecule has 0 atom stereocenters. The fourth-order valence-electron chi connectivity index (χ4n) is 3.08. The Bertz CT molecular complexity index is 1230. The Morgan fingerprint density at radius 1 is 1.16 bits per heavy atom. The number of pyridine rings is 1. The summed E-state index contributed by atoms with van der Waals surface area (Å²) in [7, 11) is 1.56. The standard InChI is InChI=1S/C24H21N5O2S/c1-15-6-8-16(9-7-15)22-19(13-25)23(27)29-24(20(22)14-26)32-11-10-21(30)28-17-4-3-5-18(12-17)31-2/h3-9,12H,10-11H2,1-2H3,(H2,27,29)(H,28,30). The van der Waals surface area contributed by atoms with Crippen LogP contribution in [0.4, 0.5) is 11.5 Å². The van der Waals surface area contributed by atoms with Crippen molar-refractivity contribution in [1.82, 2.24) is 4.98 Å². The maximum atomic E-state index is 12.3. The molecule has 0 fully saturated rings. The highest BCUT2D eigenvalue weighted by atomic mass is 32.2. The lowest BCUT2D eigenvalue weighted by atomic mass is 9.96. The molecule has 0 saturated carbocycles. The van der Waals surface area contributed by atoms with Crippen molar-refractivity contribution >= 4 is 29.2 Å². The minimum Gasteiger partial charge on any atom is -0.497 e. The molecule has 1 aromatic heterocycles. The van der Waals surface area contributed by atoms with E-state index >= 15 is 0 Å². The Morgan fingerprint density at radius 2 is 1.88 bits per heavy atom. The average Bonchev–Trinajstić information content (AvgIpc) is 2.79. The van der Waals surface area contributed by atoms with Crippen molar-refractivity contribution in [2.24, 2.45) is 0 Å². The lowest BCUT2D eigenvalue weighted by molar-refractivity contribution is -0.115. The highest BCUT2D eigenvalue weighted by Crippen LogP contribution is 2.35. The van der Waals surface area contributed by atoms with E-state index in [4.69, 9.17) is 10.5 Å². The molecule has 3 aromatic rings. The summed E-state index contributed by atoms with van der Waals surface area (Å²) in [5.41, 5.74) is 9.36. The molecule has 0 saturated heterocycles. The Labute approximate surface area is 190 Å². The second-order valence-corrected chi connectivity index (χ2v) is 7.98. The van der Waals surface area contributed by atoms with E-state index in [9.17, 15) is 15.3 Å². The number of nitrogens with one attached hydrogen (secondary N) is 1. The van der Waals surface area contributed by atoms with E-state index in [-0.39, 0.29) is 29.3 Å². The molecule has 7 nitrogen and oxygen atoms in total. The van der Waals surface area contributed by atoms with Crippen molar-refractivity contribution in [2.75, 3.05) is 23.9 Å². The minimum atomic E-state index is -0.176. The number of anilines is 2. The van der Waals surface area contributed by atoms with E-state index < -0.39 is 0 Å². The number of benzene rings is 2. The molecule has 0 spiro atoms. The quantitative estimate of drug-likeness (QED) is 0.515. The first kappa shape index (κ1) is 22.7. The Hall–Kier alpha value is -4.01. The van der Waals surface area contributed by atoms with Crippen LogP contribution in [0.2, 0.25) is 0 Å². The summed E-state index contributed by atoms with van der Waals surface area (Å²) in [5, 5.41) is 22.7. The second-order valence-electron chi connectivity index (χ2n) is 6.90. The largest absolute Gasteiger partial charge is 0.497 e. The molecule has 32 heavy (non-hydrogen) atoms. The van der Waals surface area contributed by atoms with Crippen molar-refractivity contribution in [3.63, 3.8) is 0 Å². The minimum absolute atomic E-state index is 0.0606. The van der Waals surface area contributed by atoms with Gasteiger partial charge in [-0.3, -0.25) is 4.79 Å². The second kappa shape index (κ2) is 10.3. The number of nitriles is 2. The van der Waals surface area contributed by atoms with Crippen LogP contribution >= 0.6 is 11.8 Å². The number of carbonyl (C=O) groups is 1. The predicted molar refractivity (Wildman–Crippen MR) is 125 cm³/mol. The van der Waals surface area contributed by atoms with Gasteiger partial charge in [-0.05, 0) is 24.6 Å². The van der Waals surface area contributed by atoms with Crippen LogP contribution in [0, 0.1) is 29.6 Å². The van der Waals surface area contributed by atoms with Gasteiger partial charge in [-0.25, -0.2) is 4.98 Å². The number of nitrogens with two attached hydrogens (primary N) is 1. The van der Waals surface area contributed by atoms with Crippen LogP contribution < -0.4 is 15.8 Å². The number of hydrogen-bond acceptors (Lipinski definition) is 7. The normalized spacial score (nSPS) is 10.1. The number of hydrogen-bond donors (Lipinski definition) is 2. The van der Waals surface area contributed by atoms with Crippen molar-refractivity contribution in [2.45, 2.75) is 18.4 Å². The van der Waals surface area contributed by atoms with E-state index in [1.54, 1.807) is 31.4 Å². The number of amides is 1. The van der Waals surface area contributed by atoms with Crippen molar-refractivity contribution in [3.8, 4) is 29.0 Å². The summed E-state index contributed by atoms with van der Waals surface area (Å²) in [6.07, 6.45) is 0.203. The third-order valence-corrected chi connectivity index (χ3v) is 5.65. The van der Waals surface area contributed by atoms with Crippen molar-refractivity contribution in [1.29, 1.82) is 10.5 Å². The lowest BCUT2D eigenvalue weighted by Crippen LogP contribution is -2.12. The third kappa shape index (κ3) is 5.18. The summed E-state index contributed by atoms with van der Waals surface area (Å²) in [6.45, 7) is 1.96. The molecule has 3 rings (SSSR count). The number of aromatic nitrogens is 1. The zero-order chi connectivity index (χ0) is 23.1. The van der Waals surface area contributed by atoms with E-state index in [2.05, 4.69) is 22.4 Å². The molecule has 160 valence electrons. The molecular weight excluding hydrogens is 422 g/mol. The maximum Gasteiger partial charge on any atom is 0.225 e. The fourth-order valence-corrected chi connectivity index (χ4v) is 4.01. The van der Waals surface area contributed by atoms with Gasteiger partial charge in [0.1, 0.15) is 34.3 Å². The predicted octanol–water partition coefficient (Wildman–Crippen LogP) is 4.51. The summed E-state index contributed by atoms with van der Waals surface area (Å²) in [6, 6.07) is 18.8. The lowest BCUT2D eigenvalue weighted by Gasteiger charge is -2.13. The van der Waals surface area contributed by atoms with Gasteiger partial charge in [-0.1, -0.05) is 35.9 Å². The molecule has 0 aliphatic heterocycles. The molecule has 0 aliphatic carbocycles. The number of ether oxygens (including phenoxy) is 1. The summed E-state index contributed by atoms with van der Waals surface area (Å²) in [4.78, 5) is 16.6. The van der Waals surface area contributed by atoms with Crippen molar-refractivity contribution in [3.05, 3.63) is 65.2 Å².